The molecule has 0 aromatic carbocycles. The van der Waals surface area contributed by atoms with Crippen LogP contribution >= 0.6 is 34.3 Å². The maximum Gasteiger partial charge on any atom is 0.252 e. The van der Waals surface area contributed by atoms with Crippen LogP contribution in [-0.2, 0) is 21.3 Å². The highest BCUT2D eigenvalue weighted by molar-refractivity contribution is 7.91. The van der Waals surface area contributed by atoms with Gasteiger partial charge < -0.3 is 4.74 Å². The Morgan fingerprint density at radius 3 is 2.70 bits per heavy atom. The van der Waals surface area contributed by atoms with Crippen molar-refractivity contribution in [3.63, 3.8) is 0 Å². The standard InChI is InChI=1S/C12H14ClNO3S3/c1-17-6-5-14(8-10-4-7-18-9-10)20(15,16)12-3-2-11(13)19-12/h2-4,7,9H,5-6,8H2,1H3. The average molecular weight is 352 g/mol. The topological polar surface area (TPSA) is 46.6 Å². The van der Waals surface area contributed by atoms with Crippen LogP contribution in [0.15, 0.2) is 33.2 Å². The van der Waals surface area contributed by atoms with E-state index in [0.29, 0.717) is 24.0 Å². The normalized spacial score (nSPS) is 12.2. The Bertz CT molecular complexity index is 637. The molecule has 0 saturated heterocycles. The summed E-state index contributed by atoms with van der Waals surface area (Å²) in [5.74, 6) is 0. The number of hydrogen-bond donors (Lipinski definition) is 0. The van der Waals surface area contributed by atoms with Gasteiger partial charge in [0.2, 0.25) is 0 Å². The minimum atomic E-state index is -3.54. The van der Waals surface area contributed by atoms with Gasteiger partial charge in [-0.05, 0) is 34.5 Å². The minimum absolute atomic E-state index is 0.258. The van der Waals surface area contributed by atoms with E-state index in [1.807, 2.05) is 16.8 Å². The number of thiophene rings is 2. The molecule has 0 saturated carbocycles. The maximum atomic E-state index is 12.6. The van der Waals surface area contributed by atoms with Gasteiger partial charge in [-0.3, -0.25) is 0 Å². The molecule has 2 rings (SSSR count). The Kier molecular flexibility index (Phi) is 5.59. The first-order valence-electron chi connectivity index (χ1n) is 5.79. The summed E-state index contributed by atoms with van der Waals surface area (Å²) >= 11 is 8.44. The fourth-order valence-corrected chi connectivity index (χ4v) is 5.34. The van der Waals surface area contributed by atoms with E-state index in [1.165, 1.54) is 10.4 Å². The minimum Gasteiger partial charge on any atom is -0.383 e. The van der Waals surface area contributed by atoms with Crippen LogP contribution in [0.4, 0.5) is 0 Å². The number of rotatable bonds is 7. The van der Waals surface area contributed by atoms with E-state index in [9.17, 15) is 8.42 Å². The van der Waals surface area contributed by atoms with Gasteiger partial charge in [-0.25, -0.2) is 8.42 Å². The van der Waals surface area contributed by atoms with Crippen LogP contribution in [-0.4, -0.2) is 33.0 Å². The van der Waals surface area contributed by atoms with Crippen LogP contribution < -0.4 is 0 Å². The first kappa shape index (κ1) is 15.9. The van der Waals surface area contributed by atoms with E-state index in [0.717, 1.165) is 16.9 Å². The van der Waals surface area contributed by atoms with Crippen molar-refractivity contribution in [3.8, 4) is 0 Å². The molecule has 0 radical (unpaired) electrons. The van der Waals surface area contributed by atoms with E-state index in [1.54, 1.807) is 24.5 Å². The largest absolute Gasteiger partial charge is 0.383 e. The lowest BCUT2D eigenvalue weighted by Gasteiger charge is -2.20. The van der Waals surface area contributed by atoms with Crippen molar-refractivity contribution in [3.05, 3.63) is 38.9 Å². The summed E-state index contributed by atoms with van der Waals surface area (Å²) in [4.78, 5) is 0. The third-order valence-electron chi connectivity index (χ3n) is 2.63. The van der Waals surface area contributed by atoms with E-state index in [-0.39, 0.29) is 4.21 Å². The number of halogens is 1. The molecule has 2 aromatic rings. The fraction of sp³-hybridized carbons (Fsp3) is 0.333. The molecule has 0 bridgehead atoms. The Balaban J connectivity index is 2.25. The summed E-state index contributed by atoms with van der Waals surface area (Å²) in [7, 11) is -1.98. The third-order valence-corrected chi connectivity index (χ3v) is 6.90. The van der Waals surface area contributed by atoms with Crippen molar-refractivity contribution in [1.82, 2.24) is 4.31 Å². The number of hydrogen-bond acceptors (Lipinski definition) is 5. The number of sulfonamides is 1. The zero-order valence-corrected chi connectivity index (χ0v) is 14.0. The van der Waals surface area contributed by atoms with Crippen LogP contribution in [0.2, 0.25) is 4.34 Å². The average Bonchev–Trinajstić information content (AvgIpc) is 3.05. The highest BCUT2D eigenvalue weighted by Crippen LogP contribution is 2.29. The predicted molar refractivity (Wildman–Crippen MR) is 83.1 cm³/mol. The number of ether oxygens (including phenoxy) is 1. The summed E-state index contributed by atoms with van der Waals surface area (Å²) in [6.45, 7) is 0.997. The van der Waals surface area contributed by atoms with Crippen LogP contribution in [0.3, 0.4) is 0 Å². The molecule has 0 aliphatic heterocycles. The molecule has 0 atom stereocenters. The van der Waals surface area contributed by atoms with Crippen molar-refractivity contribution >= 4 is 44.3 Å². The predicted octanol–water partition coefficient (Wildman–Crippen LogP) is 3.30. The van der Waals surface area contributed by atoms with Crippen LogP contribution in [0.5, 0.6) is 0 Å². The van der Waals surface area contributed by atoms with Gasteiger partial charge in [0.15, 0.2) is 0 Å². The van der Waals surface area contributed by atoms with E-state index >= 15 is 0 Å². The molecular weight excluding hydrogens is 338 g/mol. The van der Waals surface area contributed by atoms with Gasteiger partial charge in [-0.1, -0.05) is 11.6 Å². The molecule has 110 valence electrons. The van der Waals surface area contributed by atoms with Gasteiger partial charge in [-0.2, -0.15) is 15.6 Å². The molecule has 0 fully saturated rings. The van der Waals surface area contributed by atoms with Crippen LogP contribution in [0, 0.1) is 0 Å². The lowest BCUT2D eigenvalue weighted by atomic mass is 10.3. The summed E-state index contributed by atoms with van der Waals surface area (Å²) in [6.07, 6.45) is 0. The van der Waals surface area contributed by atoms with E-state index in [4.69, 9.17) is 16.3 Å². The van der Waals surface area contributed by atoms with Crippen LogP contribution in [0.1, 0.15) is 5.56 Å². The Morgan fingerprint density at radius 1 is 1.35 bits per heavy atom. The van der Waals surface area contributed by atoms with Crippen molar-refractivity contribution in [2.45, 2.75) is 10.8 Å². The molecule has 8 heteroatoms. The lowest BCUT2D eigenvalue weighted by Crippen LogP contribution is -2.32. The molecule has 0 N–H and O–H groups in total. The second-order valence-corrected chi connectivity index (χ2v) is 8.68. The molecule has 0 aliphatic carbocycles. The molecular formula is C12H14ClNO3S3. The summed E-state index contributed by atoms with van der Waals surface area (Å²) < 4.78 is 32.3. The van der Waals surface area contributed by atoms with E-state index in [2.05, 4.69) is 0 Å². The SMILES string of the molecule is COCCN(Cc1ccsc1)S(=O)(=O)c1ccc(Cl)s1. The van der Waals surface area contributed by atoms with Gasteiger partial charge >= 0.3 is 0 Å². The van der Waals surface area contributed by atoms with Crippen LogP contribution in [0.25, 0.3) is 0 Å². The monoisotopic (exact) mass is 351 g/mol. The van der Waals surface area contributed by atoms with Gasteiger partial charge in [0, 0.05) is 20.2 Å². The summed E-state index contributed by atoms with van der Waals surface area (Å²) in [5, 5.41) is 3.87. The number of methoxy groups -OCH3 is 1. The zero-order chi connectivity index (χ0) is 14.6. The van der Waals surface area contributed by atoms with Gasteiger partial charge in [0.05, 0.1) is 10.9 Å². The molecule has 20 heavy (non-hydrogen) atoms. The van der Waals surface area contributed by atoms with Crippen molar-refractivity contribution < 1.29 is 13.2 Å². The van der Waals surface area contributed by atoms with Crippen molar-refractivity contribution in [1.29, 1.82) is 0 Å². The van der Waals surface area contributed by atoms with Gasteiger partial charge in [-0.15, -0.1) is 11.3 Å². The molecule has 2 heterocycles. The fourth-order valence-electron chi connectivity index (χ4n) is 1.63. The summed E-state index contributed by atoms with van der Waals surface area (Å²) in [6, 6.07) is 5.05. The first-order valence-corrected chi connectivity index (χ1v) is 9.37. The quantitative estimate of drug-likeness (QED) is 0.768. The first-order chi connectivity index (χ1) is 9.54. The Hall–Kier alpha value is -0.440. The molecule has 4 nitrogen and oxygen atoms in total. The molecule has 0 aliphatic rings. The highest BCUT2D eigenvalue weighted by Gasteiger charge is 2.26. The van der Waals surface area contributed by atoms with Crippen molar-refractivity contribution in [2.75, 3.05) is 20.3 Å². The third kappa shape index (κ3) is 3.81. The second kappa shape index (κ2) is 7.02. The smallest absolute Gasteiger partial charge is 0.252 e. The van der Waals surface area contributed by atoms with Gasteiger partial charge in [0.25, 0.3) is 10.0 Å². The maximum absolute atomic E-state index is 12.6. The summed E-state index contributed by atoms with van der Waals surface area (Å²) in [5.41, 5.74) is 0.970. The zero-order valence-electron chi connectivity index (χ0n) is 10.8. The second-order valence-electron chi connectivity index (χ2n) is 4.02. The Morgan fingerprint density at radius 2 is 2.15 bits per heavy atom. The molecule has 0 amide bonds. The lowest BCUT2D eigenvalue weighted by molar-refractivity contribution is 0.177. The highest BCUT2D eigenvalue weighted by atomic mass is 35.5. The Labute approximate surface area is 131 Å². The van der Waals surface area contributed by atoms with Crippen molar-refractivity contribution in [2.24, 2.45) is 0 Å². The molecule has 0 spiro atoms. The van der Waals surface area contributed by atoms with E-state index < -0.39 is 10.0 Å². The number of nitrogens with zero attached hydrogens (tertiary/aromatic N) is 1. The molecule has 2 aromatic heterocycles. The molecule has 0 unspecified atom stereocenters. The van der Waals surface area contributed by atoms with Gasteiger partial charge in [0.1, 0.15) is 4.21 Å².